The Morgan fingerprint density at radius 1 is 1.50 bits per heavy atom. The van der Waals surface area contributed by atoms with E-state index in [4.69, 9.17) is 16.9 Å². The summed E-state index contributed by atoms with van der Waals surface area (Å²) < 4.78 is 26.0. The molecule has 0 aromatic carbocycles. The summed E-state index contributed by atoms with van der Waals surface area (Å²) in [5.74, 6) is 0.416. The van der Waals surface area contributed by atoms with Crippen LogP contribution in [0.4, 0.5) is 14.6 Å². The Morgan fingerprint density at radius 2 is 2.15 bits per heavy atom. The van der Waals surface area contributed by atoms with Gasteiger partial charge < -0.3 is 10.2 Å². The highest BCUT2D eigenvalue weighted by Crippen LogP contribution is 2.31. The van der Waals surface area contributed by atoms with Gasteiger partial charge in [0.05, 0.1) is 5.56 Å². The number of nitriles is 1. The normalized spacial score (nSPS) is 16.5. The minimum absolute atomic E-state index is 0.156. The van der Waals surface area contributed by atoms with E-state index in [1.807, 2.05) is 11.9 Å². The van der Waals surface area contributed by atoms with Crippen LogP contribution in [-0.4, -0.2) is 31.2 Å². The summed E-state index contributed by atoms with van der Waals surface area (Å²) in [6, 6.07) is 3.40. The molecule has 1 aliphatic heterocycles. The molecule has 4 nitrogen and oxygen atoms in total. The number of aromatic nitrogens is 1. The number of hydrogen-bond donors (Lipinski definition) is 1. The van der Waals surface area contributed by atoms with Gasteiger partial charge in [-0.15, -0.1) is 0 Å². The minimum Gasteiger partial charge on any atom is -0.356 e. The lowest BCUT2D eigenvalue weighted by Gasteiger charge is -2.33. The van der Waals surface area contributed by atoms with Crippen LogP contribution < -0.4 is 10.2 Å². The van der Waals surface area contributed by atoms with Crippen LogP contribution in [-0.2, 0) is 0 Å². The third kappa shape index (κ3) is 3.00. The van der Waals surface area contributed by atoms with Gasteiger partial charge in [-0.1, -0.05) is 11.6 Å². The molecular weight excluding hydrogens is 286 g/mol. The van der Waals surface area contributed by atoms with Crippen molar-refractivity contribution in [3.63, 3.8) is 0 Å². The third-order valence-corrected chi connectivity index (χ3v) is 3.84. The van der Waals surface area contributed by atoms with Crippen LogP contribution in [0.15, 0.2) is 6.07 Å². The molecule has 1 fully saturated rings. The number of nitrogens with one attached hydrogen (secondary N) is 1. The summed E-state index contributed by atoms with van der Waals surface area (Å²) in [4.78, 5) is 6.00. The van der Waals surface area contributed by atoms with E-state index in [-0.39, 0.29) is 16.3 Å². The van der Waals surface area contributed by atoms with Crippen LogP contribution in [0.5, 0.6) is 0 Å². The molecule has 0 radical (unpaired) electrons. The van der Waals surface area contributed by atoms with Crippen molar-refractivity contribution in [1.29, 1.82) is 5.26 Å². The van der Waals surface area contributed by atoms with Crippen molar-refractivity contribution in [2.75, 3.05) is 25.0 Å². The van der Waals surface area contributed by atoms with E-state index < -0.39 is 6.43 Å². The number of piperidine rings is 1. The molecule has 2 heterocycles. The molecule has 0 bridgehead atoms. The summed E-state index contributed by atoms with van der Waals surface area (Å²) in [7, 11) is 1.91. The summed E-state index contributed by atoms with van der Waals surface area (Å²) in [5.41, 5.74) is -0.589. The van der Waals surface area contributed by atoms with Gasteiger partial charge in [0, 0.05) is 24.7 Å². The number of nitrogens with zero attached hydrogens (tertiary/aromatic N) is 3. The van der Waals surface area contributed by atoms with Gasteiger partial charge in [0.25, 0.3) is 6.43 Å². The van der Waals surface area contributed by atoms with E-state index in [9.17, 15) is 8.78 Å². The van der Waals surface area contributed by atoms with Gasteiger partial charge >= 0.3 is 0 Å². The molecule has 108 valence electrons. The fourth-order valence-corrected chi connectivity index (χ4v) is 2.60. The molecule has 0 amide bonds. The van der Waals surface area contributed by atoms with Crippen molar-refractivity contribution in [1.82, 2.24) is 10.3 Å². The Kier molecular flexibility index (Phi) is 4.73. The predicted molar refractivity (Wildman–Crippen MR) is 73.2 cm³/mol. The summed E-state index contributed by atoms with van der Waals surface area (Å²) in [5, 5.41) is 11.9. The SMILES string of the molecule is CNC1CCN(c2cc(C(F)F)c(C#N)c(Cl)n2)CC1. The number of alkyl halides is 2. The zero-order chi connectivity index (χ0) is 14.7. The molecule has 1 N–H and O–H groups in total. The fraction of sp³-hybridized carbons (Fsp3) is 0.538. The summed E-state index contributed by atoms with van der Waals surface area (Å²) in [6.45, 7) is 1.45. The zero-order valence-electron chi connectivity index (χ0n) is 11.0. The molecule has 1 aliphatic rings. The number of pyridine rings is 1. The smallest absolute Gasteiger partial charge is 0.265 e. The Morgan fingerprint density at radius 3 is 2.65 bits per heavy atom. The lowest BCUT2D eigenvalue weighted by molar-refractivity contribution is 0.151. The maximum absolute atomic E-state index is 13.0. The van der Waals surface area contributed by atoms with E-state index in [1.165, 1.54) is 6.07 Å². The van der Waals surface area contributed by atoms with Crippen molar-refractivity contribution < 1.29 is 8.78 Å². The first-order valence-electron chi connectivity index (χ1n) is 6.37. The van der Waals surface area contributed by atoms with Crippen LogP contribution in [0.1, 0.15) is 30.4 Å². The average molecular weight is 301 g/mol. The van der Waals surface area contributed by atoms with Gasteiger partial charge in [-0.25, -0.2) is 13.8 Å². The highest BCUT2D eigenvalue weighted by atomic mass is 35.5. The molecule has 0 unspecified atom stereocenters. The van der Waals surface area contributed by atoms with Gasteiger partial charge in [-0.3, -0.25) is 0 Å². The second kappa shape index (κ2) is 6.33. The molecule has 2 rings (SSSR count). The average Bonchev–Trinajstić information content (AvgIpc) is 2.46. The second-order valence-electron chi connectivity index (χ2n) is 4.70. The Labute approximate surface area is 121 Å². The van der Waals surface area contributed by atoms with E-state index >= 15 is 0 Å². The van der Waals surface area contributed by atoms with E-state index in [0.29, 0.717) is 11.9 Å². The lowest BCUT2D eigenvalue weighted by Crippen LogP contribution is -2.41. The standard InChI is InChI=1S/C13H15ClF2N4/c1-18-8-2-4-20(5-3-8)11-6-9(13(15)16)10(7-17)12(14)19-11/h6,8,13,18H,2-5H2,1H3. The Hall–Kier alpha value is -1.45. The van der Waals surface area contributed by atoms with Gasteiger partial charge in [0.2, 0.25) is 0 Å². The van der Waals surface area contributed by atoms with Crippen LogP contribution in [0.25, 0.3) is 0 Å². The number of rotatable bonds is 3. The highest BCUT2D eigenvalue weighted by molar-refractivity contribution is 6.30. The zero-order valence-corrected chi connectivity index (χ0v) is 11.8. The van der Waals surface area contributed by atoms with Crippen molar-refractivity contribution in [3.8, 4) is 6.07 Å². The molecule has 0 spiro atoms. The quantitative estimate of drug-likeness (QED) is 0.872. The number of hydrogen-bond acceptors (Lipinski definition) is 4. The molecule has 1 aromatic rings. The van der Waals surface area contributed by atoms with Gasteiger partial charge in [-0.2, -0.15) is 5.26 Å². The molecule has 1 aromatic heterocycles. The number of halogens is 3. The summed E-state index contributed by atoms with van der Waals surface area (Å²) in [6.07, 6.45) is -0.904. The van der Waals surface area contributed by atoms with Gasteiger partial charge in [-0.05, 0) is 26.0 Å². The number of anilines is 1. The van der Waals surface area contributed by atoms with Crippen molar-refractivity contribution >= 4 is 17.4 Å². The Balaban J connectivity index is 2.28. The van der Waals surface area contributed by atoms with E-state index in [2.05, 4.69) is 10.3 Å². The Bertz CT molecular complexity index is 522. The maximum atomic E-state index is 13.0. The first-order chi connectivity index (χ1) is 9.56. The van der Waals surface area contributed by atoms with Crippen LogP contribution in [0, 0.1) is 11.3 Å². The molecule has 0 aliphatic carbocycles. The predicted octanol–water partition coefficient (Wildman–Crippen LogP) is 2.73. The van der Waals surface area contributed by atoms with Gasteiger partial charge in [0.15, 0.2) is 0 Å². The topological polar surface area (TPSA) is 52.0 Å². The molecule has 1 saturated heterocycles. The second-order valence-corrected chi connectivity index (χ2v) is 5.06. The first kappa shape index (κ1) is 14.9. The first-order valence-corrected chi connectivity index (χ1v) is 6.75. The summed E-state index contributed by atoms with van der Waals surface area (Å²) >= 11 is 5.85. The fourth-order valence-electron chi connectivity index (χ4n) is 2.36. The third-order valence-electron chi connectivity index (χ3n) is 3.57. The van der Waals surface area contributed by atoms with Crippen LogP contribution in [0.3, 0.4) is 0 Å². The van der Waals surface area contributed by atoms with Crippen molar-refractivity contribution in [2.24, 2.45) is 0 Å². The highest BCUT2D eigenvalue weighted by Gasteiger charge is 2.23. The van der Waals surface area contributed by atoms with Crippen molar-refractivity contribution in [3.05, 3.63) is 22.3 Å². The van der Waals surface area contributed by atoms with E-state index in [1.54, 1.807) is 6.07 Å². The monoisotopic (exact) mass is 300 g/mol. The molecule has 0 atom stereocenters. The molecule has 7 heteroatoms. The minimum atomic E-state index is -2.74. The lowest BCUT2D eigenvalue weighted by atomic mass is 10.0. The molecule has 0 saturated carbocycles. The molecule has 20 heavy (non-hydrogen) atoms. The van der Waals surface area contributed by atoms with Crippen molar-refractivity contribution in [2.45, 2.75) is 25.3 Å². The van der Waals surface area contributed by atoms with Gasteiger partial charge in [0.1, 0.15) is 17.0 Å². The van der Waals surface area contributed by atoms with Crippen LogP contribution in [0.2, 0.25) is 5.15 Å². The van der Waals surface area contributed by atoms with Crippen LogP contribution >= 0.6 is 11.6 Å². The maximum Gasteiger partial charge on any atom is 0.265 e. The van der Waals surface area contributed by atoms with E-state index in [0.717, 1.165) is 25.9 Å². The largest absolute Gasteiger partial charge is 0.356 e. The molecular formula is C13H15ClF2N4.